The highest BCUT2D eigenvalue weighted by molar-refractivity contribution is 9.10. The average molecular weight is 397 g/mol. The van der Waals surface area contributed by atoms with Gasteiger partial charge < -0.3 is 10.6 Å². The molecule has 3 aromatic rings. The van der Waals surface area contributed by atoms with Gasteiger partial charge in [0.25, 0.3) is 0 Å². The van der Waals surface area contributed by atoms with Gasteiger partial charge in [-0.2, -0.15) is 0 Å². The van der Waals surface area contributed by atoms with Gasteiger partial charge in [-0.3, -0.25) is 4.79 Å². The number of carbonyl (C=O) groups is 1. The number of halogens is 1. The highest BCUT2D eigenvalue weighted by Gasteiger charge is 2.06. The van der Waals surface area contributed by atoms with E-state index >= 15 is 0 Å². The summed E-state index contributed by atoms with van der Waals surface area (Å²) >= 11 is 3.37. The molecule has 0 aliphatic heterocycles. The average Bonchev–Trinajstić information content (AvgIpc) is 2.64. The van der Waals surface area contributed by atoms with E-state index in [-0.39, 0.29) is 5.91 Å². The summed E-state index contributed by atoms with van der Waals surface area (Å²) in [6.45, 7) is 0.671. The van der Waals surface area contributed by atoms with Gasteiger partial charge in [0.2, 0.25) is 5.91 Å². The van der Waals surface area contributed by atoms with Crippen molar-refractivity contribution in [3.8, 4) is 0 Å². The van der Waals surface area contributed by atoms with Crippen molar-refractivity contribution in [1.29, 1.82) is 0 Å². The van der Waals surface area contributed by atoms with Crippen LogP contribution in [0.1, 0.15) is 11.1 Å². The first kappa shape index (κ1) is 17.1. The Morgan fingerprint density at radius 3 is 2.20 bits per heavy atom. The lowest BCUT2D eigenvalue weighted by molar-refractivity contribution is -0.115. The first-order valence-electron chi connectivity index (χ1n) is 7.85. The quantitative estimate of drug-likeness (QED) is 0.659. The fraction of sp³-hybridized carbons (Fsp3) is 0.105. The Morgan fingerprint density at radius 2 is 1.52 bits per heavy atom. The minimum atomic E-state index is -0.124. The summed E-state index contributed by atoms with van der Waals surface area (Å²) in [6.07, 6.45) is 0.295. The third kappa shape index (κ3) is 5.39. The van der Waals surface area contributed by atoms with Crippen molar-refractivity contribution >= 4 is 33.5 Å². The van der Waals surface area contributed by atoms with E-state index in [1.165, 1.54) is 0 Å². The Labute approximate surface area is 154 Å². The highest BCUT2D eigenvalue weighted by Crippen LogP contribution is 2.12. The van der Waals surface area contributed by atoms with Gasteiger partial charge in [-0.15, -0.1) is 10.2 Å². The molecule has 2 aromatic carbocycles. The van der Waals surface area contributed by atoms with E-state index in [4.69, 9.17) is 0 Å². The molecule has 0 radical (unpaired) electrons. The second kappa shape index (κ2) is 8.39. The molecule has 6 heteroatoms. The number of nitrogens with zero attached hydrogens (tertiary/aromatic N) is 2. The second-order valence-corrected chi connectivity index (χ2v) is 6.41. The standard InChI is InChI=1S/C19H17BrN4O/c20-16-8-6-14(7-9-16)12-19(25)22-18-11-10-17(23-24-18)21-13-15-4-2-1-3-5-15/h1-11H,12-13H2,(H,21,23)(H,22,24,25). The topological polar surface area (TPSA) is 66.9 Å². The smallest absolute Gasteiger partial charge is 0.229 e. The summed E-state index contributed by atoms with van der Waals surface area (Å²) in [4.78, 5) is 12.1. The molecule has 0 atom stereocenters. The second-order valence-electron chi connectivity index (χ2n) is 5.49. The number of rotatable bonds is 6. The van der Waals surface area contributed by atoms with Crippen LogP contribution < -0.4 is 10.6 Å². The van der Waals surface area contributed by atoms with Crippen molar-refractivity contribution in [2.75, 3.05) is 10.6 Å². The monoisotopic (exact) mass is 396 g/mol. The molecule has 25 heavy (non-hydrogen) atoms. The van der Waals surface area contributed by atoms with E-state index in [0.717, 1.165) is 15.6 Å². The van der Waals surface area contributed by atoms with Crippen LogP contribution in [0.5, 0.6) is 0 Å². The van der Waals surface area contributed by atoms with Crippen molar-refractivity contribution in [2.24, 2.45) is 0 Å². The van der Waals surface area contributed by atoms with Gasteiger partial charge >= 0.3 is 0 Å². The van der Waals surface area contributed by atoms with Crippen molar-refractivity contribution in [3.05, 3.63) is 82.3 Å². The van der Waals surface area contributed by atoms with Gasteiger partial charge in [-0.1, -0.05) is 58.4 Å². The van der Waals surface area contributed by atoms with Crippen molar-refractivity contribution < 1.29 is 4.79 Å². The molecular formula is C19H17BrN4O. The lowest BCUT2D eigenvalue weighted by Gasteiger charge is -2.07. The van der Waals surface area contributed by atoms with E-state index in [9.17, 15) is 4.79 Å². The molecule has 0 aliphatic carbocycles. The number of hydrogen-bond acceptors (Lipinski definition) is 4. The van der Waals surface area contributed by atoms with Gasteiger partial charge in [0.05, 0.1) is 6.42 Å². The van der Waals surface area contributed by atoms with Crippen LogP contribution in [-0.2, 0) is 17.8 Å². The molecule has 2 N–H and O–H groups in total. The van der Waals surface area contributed by atoms with E-state index < -0.39 is 0 Å². The fourth-order valence-electron chi connectivity index (χ4n) is 2.26. The fourth-order valence-corrected chi connectivity index (χ4v) is 2.52. The molecule has 1 aromatic heterocycles. The Morgan fingerprint density at radius 1 is 0.840 bits per heavy atom. The molecule has 0 unspecified atom stereocenters. The van der Waals surface area contributed by atoms with Crippen LogP contribution in [0.25, 0.3) is 0 Å². The third-order valence-electron chi connectivity index (χ3n) is 3.53. The van der Waals surface area contributed by atoms with E-state index in [0.29, 0.717) is 24.6 Å². The van der Waals surface area contributed by atoms with Gasteiger partial charge in [0, 0.05) is 11.0 Å². The molecule has 1 amide bonds. The maximum atomic E-state index is 12.1. The third-order valence-corrected chi connectivity index (χ3v) is 4.06. The normalized spacial score (nSPS) is 10.3. The van der Waals surface area contributed by atoms with Gasteiger partial charge in [-0.05, 0) is 35.4 Å². The van der Waals surface area contributed by atoms with Crippen LogP contribution in [0.3, 0.4) is 0 Å². The van der Waals surface area contributed by atoms with Crippen molar-refractivity contribution in [2.45, 2.75) is 13.0 Å². The Kier molecular flexibility index (Phi) is 5.74. The SMILES string of the molecule is O=C(Cc1ccc(Br)cc1)Nc1ccc(NCc2ccccc2)nn1. The maximum Gasteiger partial charge on any atom is 0.229 e. The van der Waals surface area contributed by atoms with Gasteiger partial charge in [0.1, 0.15) is 5.82 Å². The lowest BCUT2D eigenvalue weighted by atomic mass is 10.1. The molecule has 0 bridgehead atoms. The minimum absolute atomic E-state index is 0.124. The Balaban J connectivity index is 1.51. The molecule has 0 saturated heterocycles. The molecule has 1 heterocycles. The van der Waals surface area contributed by atoms with E-state index in [2.05, 4.69) is 36.8 Å². The van der Waals surface area contributed by atoms with Crippen LogP contribution in [0.2, 0.25) is 0 Å². The zero-order chi connectivity index (χ0) is 17.5. The predicted molar refractivity (Wildman–Crippen MR) is 102 cm³/mol. The molecule has 0 fully saturated rings. The van der Waals surface area contributed by atoms with E-state index in [1.54, 1.807) is 12.1 Å². The Hall–Kier alpha value is -2.73. The van der Waals surface area contributed by atoms with Crippen LogP contribution in [-0.4, -0.2) is 16.1 Å². The first-order valence-corrected chi connectivity index (χ1v) is 8.64. The molecule has 0 saturated carbocycles. The summed E-state index contributed by atoms with van der Waals surface area (Å²) in [7, 11) is 0. The van der Waals surface area contributed by atoms with E-state index in [1.807, 2.05) is 54.6 Å². The molecule has 3 rings (SSSR count). The summed E-state index contributed by atoms with van der Waals surface area (Å²) in [5.74, 6) is 0.976. The zero-order valence-corrected chi connectivity index (χ0v) is 15.0. The van der Waals surface area contributed by atoms with Crippen LogP contribution in [0.4, 0.5) is 11.6 Å². The Bertz CT molecular complexity index is 820. The summed E-state index contributed by atoms with van der Waals surface area (Å²) in [5, 5.41) is 14.1. The lowest BCUT2D eigenvalue weighted by Crippen LogP contribution is -2.15. The number of anilines is 2. The molecule has 126 valence electrons. The number of nitrogens with one attached hydrogen (secondary N) is 2. The van der Waals surface area contributed by atoms with Crippen LogP contribution in [0.15, 0.2) is 71.2 Å². The van der Waals surface area contributed by atoms with Gasteiger partial charge in [0.15, 0.2) is 5.82 Å². The molecule has 0 aliphatic rings. The summed E-state index contributed by atoms with van der Waals surface area (Å²) < 4.78 is 0.987. The van der Waals surface area contributed by atoms with Crippen LogP contribution in [0, 0.1) is 0 Å². The largest absolute Gasteiger partial charge is 0.365 e. The summed E-state index contributed by atoms with van der Waals surface area (Å²) in [5.41, 5.74) is 2.10. The first-order chi connectivity index (χ1) is 12.2. The summed E-state index contributed by atoms with van der Waals surface area (Å²) in [6, 6.07) is 21.2. The van der Waals surface area contributed by atoms with Crippen LogP contribution >= 0.6 is 15.9 Å². The molecule has 5 nitrogen and oxygen atoms in total. The molecule has 0 spiro atoms. The maximum absolute atomic E-state index is 12.1. The number of aromatic nitrogens is 2. The van der Waals surface area contributed by atoms with Crippen molar-refractivity contribution in [3.63, 3.8) is 0 Å². The predicted octanol–water partition coefficient (Wildman–Crippen LogP) is 4.03. The number of carbonyl (C=O) groups excluding carboxylic acids is 1. The number of amides is 1. The van der Waals surface area contributed by atoms with Gasteiger partial charge in [-0.25, -0.2) is 0 Å². The number of hydrogen-bond donors (Lipinski definition) is 2. The minimum Gasteiger partial charge on any atom is -0.365 e. The number of benzene rings is 2. The highest BCUT2D eigenvalue weighted by atomic mass is 79.9. The zero-order valence-electron chi connectivity index (χ0n) is 13.4. The molecular weight excluding hydrogens is 380 g/mol. The van der Waals surface area contributed by atoms with Crippen molar-refractivity contribution in [1.82, 2.24) is 10.2 Å².